The highest BCUT2D eigenvalue weighted by molar-refractivity contribution is 5.85. The zero-order valence-electron chi connectivity index (χ0n) is 16.3. The van der Waals surface area contributed by atoms with Crippen LogP contribution in [0.5, 0.6) is 0 Å². The number of fused-ring (bicyclic) bond motifs is 1. The van der Waals surface area contributed by atoms with Crippen LogP contribution in [0.15, 0.2) is 48.5 Å². The summed E-state index contributed by atoms with van der Waals surface area (Å²) >= 11 is 0. The third kappa shape index (κ3) is 3.80. The Morgan fingerprint density at radius 1 is 0.594 bits per heavy atom. The van der Waals surface area contributed by atoms with Crippen LogP contribution in [0.3, 0.4) is 0 Å². The molecule has 0 aromatic heterocycles. The van der Waals surface area contributed by atoms with Gasteiger partial charge in [0.1, 0.15) is 23.3 Å². The molecule has 0 aliphatic carbocycles. The molecule has 0 aliphatic heterocycles. The van der Waals surface area contributed by atoms with E-state index in [0.717, 1.165) is 24.3 Å². The summed E-state index contributed by atoms with van der Waals surface area (Å²) in [4.78, 5) is 0. The lowest BCUT2D eigenvalue weighted by atomic mass is 10.0. The van der Waals surface area contributed by atoms with Crippen LogP contribution >= 0.6 is 0 Å². The topological polar surface area (TPSA) is 0 Å². The van der Waals surface area contributed by atoms with Gasteiger partial charge in [-0.3, -0.25) is 0 Å². The Hall–Kier alpha value is -3.79. The lowest BCUT2D eigenvalue weighted by molar-refractivity contribution is 0.451. The highest BCUT2D eigenvalue weighted by atomic mass is 19.2. The third-order valence-corrected chi connectivity index (χ3v) is 4.83. The predicted octanol–water partition coefficient (Wildman–Crippen LogP) is 7.19. The molecule has 0 amide bonds. The van der Waals surface area contributed by atoms with Crippen LogP contribution in [0.4, 0.5) is 30.7 Å². The summed E-state index contributed by atoms with van der Waals surface area (Å²) in [6.07, 6.45) is 0. The third-order valence-electron chi connectivity index (χ3n) is 4.83. The van der Waals surface area contributed by atoms with Gasteiger partial charge in [-0.05, 0) is 59.8 Å². The van der Waals surface area contributed by atoms with Gasteiger partial charge in [-0.25, -0.2) is 30.7 Å². The van der Waals surface area contributed by atoms with Gasteiger partial charge in [-0.15, -0.1) is 0 Å². The minimum Gasteiger partial charge on any atom is -0.206 e. The first kappa shape index (κ1) is 21.4. The van der Waals surface area contributed by atoms with E-state index in [9.17, 15) is 30.7 Å². The molecule has 0 nitrogen and oxygen atoms in total. The Labute approximate surface area is 177 Å². The molecule has 0 saturated carbocycles. The molecule has 0 fully saturated rings. The van der Waals surface area contributed by atoms with Crippen molar-refractivity contribution in [3.05, 3.63) is 106 Å². The molecule has 0 heterocycles. The number of hydrogen-bond acceptors (Lipinski definition) is 0. The molecule has 4 rings (SSSR count). The fourth-order valence-electron chi connectivity index (χ4n) is 3.30. The summed E-state index contributed by atoms with van der Waals surface area (Å²) in [7, 11) is 0. The van der Waals surface area contributed by atoms with Gasteiger partial charge in [-0.1, -0.05) is 24.0 Å². The quantitative estimate of drug-likeness (QED) is 0.166. The van der Waals surface area contributed by atoms with Crippen LogP contribution in [0.2, 0.25) is 0 Å². The van der Waals surface area contributed by atoms with Gasteiger partial charge in [0.25, 0.3) is 0 Å². The zero-order chi connectivity index (χ0) is 23.2. The van der Waals surface area contributed by atoms with E-state index in [2.05, 4.69) is 11.8 Å². The van der Waals surface area contributed by atoms with Crippen LogP contribution in [-0.4, -0.2) is 0 Å². The van der Waals surface area contributed by atoms with Crippen molar-refractivity contribution in [3.8, 4) is 23.0 Å². The highest BCUT2D eigenvalue weighted by Gasteiger charge is 2.17. The SMILES string of the molecule is Cc1ccc(-c2cc(F)c(C#Cc3cc(F)c4c(F)c(F)c(F)cc4c3)c(F)c2)c(F)c1. The smallest absolute Gasteiger partial charge is 0.195 e. The maximum Gasteiger partial charge on any atom is 0.195 e. The van der Waals surface area contributed by atoms with E-state index in [1.165, 1.54) is 12.1 Å². The second-order valence-corrected chi connectivity index (χ2v) is 7.09. The largest absolute Gasteiger partial charge is 0.206 e. The van der Waals surface area contributed by atoms with E-state index in [-0.39, 0.29) is 22.1 Å². The normalized spacial score (nSPS) is 10.9. The average Bonchev–Trinajstić information content (AvgIpc) is 2.71. The Morgan fingerprint density at radius 3 is 1.94 bits per heavy atom. The summed E-state index contributed by atoms with van der Waals surface area (Å²) in [6, 6.07) is 8.42. The average molecular weight is 444 g/mol. The first-order valence-corrected chi connectivity index (χ1v) is 9.20. The number of aryl methyl sites for hydroxylation is 1. The fraction of sp³-hybridized carbons (Fsp3) is 0.0400. The lowest BCUT2D eigenvalue weighted by Gasteiger charge is -2.07. The van der Waals surface area contributed by atoms with Crippen molar-refractivity contribution in [1.82, 2.24) is 0 Å². The fourth-order valence-corrected chi connectivity index (χ4v) is 3.30. The van der Waals surface area contributed by atoms with Crippen LogP contribution in [0, 0.1) is 59.5 Å². The number of benzene rings is 4. The predicted molar refractivity (Wildman–Crippen MR) is 106 cm³/mol. The molecule has 7 heteroatoms. The number of rotatable bonds is 1. The van der Waals surface area contributed by atoms with Gasteiger partial charge in [-0.2, -0.15) is 0 Å². The molecule has 0 saturated heterocycles. The second kappa shape index (κ2) is 8.04. The van der Waals surface area contributed by atoms with E-state index < -0.39 is 51.7 Å². The van der Waals surface area contributed by atoms with E-state index in [1.54, 1.807) is 13.0 Å². The molecule has 0 atom stereocenters. The maximum atomic E-state index is 14.5. The van der Waals surface area contributed by atoms with Crippen molar-refractivity contribution >= 4 is 10.8 Å². The highest BCUT2D eigenvalue weighted by Crippen LogP contribution is 2.28. The van der Waals surface area contributed by atoms with Gasteiger partial charge in [0.05, 0.1) is 10.9 Å². The molecular weight excluding hydrogens is 433 g/mol. The number of hydrogen-bond donors (Lipinski definition) is 0. The molecule has 0 N–H and O–H groups in total. The molecule has 4 aromatic rings. The lowest BCUT2D eigenvalue weighted by Crippen LogP contribution is -1.96. The van der Waals surface area contributed by atoms with Crippen LogP contribution in [0.25, 0.3) is 21.9 Å². The van der Waals surface area contributed by atoms with Crippen molar-refractivity contribution in [2.75, 3.05) is 0 Å². The molecule has 160 valence electrons. The van der Waals surface area contributed by atoms with Gasteiger partial charge >= 0.3 is 0 Å². The van der Waals surface area contributed by atoms with Crippen molar-refractivity contribution < 1.29 is 30.7 Å². The molecule has 0 spiro atoms. The summed E-state index contributed by atoms with van der Waals surface area (Å²) in [5.41, 5.74) is -0.195. The van der Waals surface area contributed by atoms with Gasteiger partial charge in [0.2, 0.25) is 0 Å². The van der Waals surface area contributed by atoms with Crippen molar-refractivity contribution in [2.45, 2.75) is 6.92 Å². The van der Waals surface area contributed by atoms with Crippen LogP contribution in [0.1, 0.15) is 16.7 Å². The Morgan fingerprint density at radius 2 is 1.28 bits per heavy atom. The van der Waals surface area contributed by atoms with Gasteiger partial charge in [0.15, 0.2) is 17.5 Å². The van der Waals surface area contributed by atoms with Gasteiger partial charge < -0.3 is 0 Å². The monoisotopic (exact) mass is 444 g/mol. The van der Waals surface area contributed by atoms with E-state index in [1.807, 2.05) is 0 Å². The van der Waals surface area contributed by atoms with Crippen molar-refractivity contribution in [3.63, 3.8) is 0 Å². The maximum absolute atomic E-state index is 14.5. The van der Waals surface area contributed by atoms with E-state index >= 15 is 0 Å². The molecule has 0 bridgehead atoms. The van der Waals surface area contributed by atoms with E-state index in [0.29, 0.717) is 11.6 Å². The Kier molecular flexibility index (Phi) is 5.39. The van der Waals surface area contributed by atoms with Crippen LogP contribution in [-0.2, 0) is 0 Å². The zero-order valence-corrected chi connectivity index (χ0v) is 16.3. The molecule has 0 aliphatic rings. The molecule has 0 radical (unpaired) electrons. The van der Waals surface area contributed by atoms with Crippen molar-refractivity contribution in [2.24, 2.45) is 0 Å². The van der Waals surface area contributed by atoms with Crippen molar-refractivity contribution in [1.29, 1.82) is 0 Å². The minimum atomic E-state index is -1.82. The number of halogens is 7. The Bertz CT molecular complexity index is 1440. The molecule has 4 aromatic carbocycles. The van der Waals surface area contributed by atoms with Gasteiger partial charge in [0, 0.05) is 11.1 Å². The molecule has 0 unspecified atom stereocenters. The summed E-state index contributed by atoms with van der Waals surface area (Å²) in [6.45, 7) is 1.67. The minimum absolute atomic E-state index is 0.000736. The first-order valence-electron chi connectivity index (χ1n) is 9.20. The molecule has 32 heavy (non-hydrogen) atoms. The van der Waals surface area contributed by atoms with Crippen LogP contribution < -0.4 is 0 Å². The summed E-state index contributed by atoms with van der Waals surface area (Å²) < 4.78 is 98.0. The summed E-state index contributed by atoms with van der Waals surface area (Å²) in [5.74, 6) is -4.50. The first-order chi connectivity index (χ1) is 15.2. The standard InChI is InChI=1S/C25H11F7/c1-12-2-4-16(18(26)6-12)14-9-19(27)17(20(28)10-14)5-3-13-7-15-11-22(30)24(31)25(32)23(15)21(29)8-13/h2,4,6-11H,1H3. The Balaban J connectivity index is 1.77. The molecular formula is C25H11F7. The second-order valence-electron chi connectivity index (χ2n) is 7.09. The summed E-state index contributed by atoms with van der Waals surface area (Å²) in [5, 5.41) is -1.08. The van der Waals surface area contributed by atoms with E-state index in [4.69, 9.17) is 0 Å².